The van der Waals surface area contributed by atoms with Crippen molar-refractivity contribution in [3.8, 4) is 0 Å². The minimum atomic E-state index is -0.648. The Balaban J connectivity index is 0.000000149. The van der Waals surface area contributed by atoms with Crippen molar-refractivity contribution >= 4 is 17.7 Å². The van der Waals surface area contributed by atoms with Crippen LogP contribution in [0.3, 0.4) is 0 Å². The molecule has 2 amide bonds. The van der Waals surface area contributed by atoms with Gasteiger partial charge in [0.05, 0.1) is 12.2 Å². The summed E-state index contributed by atoms with van der Waals surface area (Å²) in [4.78, 5) is 19.9. The van der Waals surface area contributed by atoms with Gasteiger partial charge in [0.2, 0.25) is 0 Å². The summed E-state index contributed by atoms with van der Waals surface area (Å²) < 4.78 is 4.17. The van der Waals surface area contributed by atoms with Crippen LogP contribution < -0.4 is 15.8 Å². The van der Waals surface area contributed by atoms with Gasteiger partial charge in [0, 0.05) is 6.20 Å². The van der Waals surface area contributed by atoms with Crippen LogP contribution in [0.2, 0.25) is 0 Å². The summed E-state index contributed by atoms with van der Waals surface area (Å²) in [5.41, 5.74) is 4.33. The van der Waals surface area contributed by atoms with Gasteiger partial charge in [-0.15, -0.1) is 0 Å². The van der Waals surface area contributed by atoms with Crippen LogP contribution in [-0.4, -0.2) is 25.2 Å². The predicted molar refractivity (Wildman–Crippen MR) is 65.6 cm³/mol. The Morgan fingerprint density at radius 2 is 1.94 bits per heavy atom. The number of nitrogens with zero attached hydrogens (tertiary/aromatic N) is 1. The van der Waals surface area contributed by atoms with Crippen LogP contribution in [-0.2, 0) is 9.53 Å². The molecule has 1 aromatic carbocycles. The first-order valence-electron chi connectivity index (χ1n) is 5.46. The number of carbonyl (C=O) groups is 2. The molecule has 0 atom stereocenters. The van der Waals surface area contributed by atoms with Crippen LogP contribution in [0.4, 0.5) is 10.5 Å². The quantitative estimate of drug-likeness (QED) is 0.767. The average molecular weight is 247 g/mol. The SMILES string of the molecule is C1=CNN(c2ccccc2)C1.O=C1COC(=O)N1. The molecule has 2 aliphatic rings. The van der Waals surface area contributed by atoms with Crippen molar-refractivity contribution in [2.24, 2.45) is 0 Å². The molecule has 0 unspecified atom stereocenters. The number of nitrogens with one attached hydrogen (secondary N) is 2. The Hall–Kier alpha value is -2.50. The lowest BCUT2D eigenvalue weighted by Crippen LogP contribution is -2.29. The zero-order chi connectivity index (χ0) is 12.8. The number of ether oxygens (including phenoxy) is 1. The number of para-hydroxylation sites is 1. The van der Waals surface area contributed by atoms with Crippen molar-refractivity contribution in [2.45, 2.75) is 0 Å². The van der Waals surface area contributed by atoms with Gasteiger partial charge in [-0.05, 0) is 18.2 Å². The molecule has 94 valence electrons. The maximum atomic E-state index is 10.00. The van der Waals surface area contributed by atoms with E-state index in [1.807, 2.05) is 29.7 Å². The Labute approximate surface area is 104 Å². The fraction of sp³-hybridized carbons (Fsp3) is 0.167. The van der Waals surface area contributed by atoms with Crippen molar-refractivity contribution in [1.82, 2.24) is 10.7 Å². The number of alkyl carbamates (subject to hydrolysis) is 1. The highest BCUT2D eigenvalue weighted by atomic mass is 16.6. The summed E-state index contributed by atoms with van der Waals surface area (Å²) in [5, 5.41) is 4.00. The second-order valence-electron chi connectivity index (χ2n) is 3.60. The molecule has 0 aromatic heterocycles. The third-order valence-electron chi connectivity index (χ3n) is 2.28. The van der Waals surface area contributed by atoms with Crippen LogP contribution in [0, 0.1) is 0 Å². The van der Waals surface area contributed by atoms with Gasteiger partial charge in [0.25, 0.3) is 5.91 Å². The highest BCUT2D eigenvalue weighted by Gasteiger charge is 2.17. The molecule has 0 aliphatic carbocycles. The monoisotopic (exact) mass is 247 g/mol. The highest BCUT2D eigenvalue weighted by molar-refractivity contribution is 5.97. The molecule has 6 heteroatoms. The average Bonchev–Trinajstić information content (AvgIpc) is 3.03. The number of hydrazine groups is 1. The van der Waals surface area contributed by atoms with Gasteiger partial charge >= 0.3 is 6.09 Å². The van der Waals surface area contributed by atoms with Crippen LogP contribution in [0.15, 0.2) is 42.6 Å². The second-order valence-corrected chi connectivity index (χ2v) is 3.60. The number of amides is 2. The predicted octanol–water partition coefficient (Wildman–Crippen LogP) is 0.778. The molecule has 1 aromatic rings. The zero-order valence-electron chi connectivity index (χ0n) is 9.63. The van der Waals surface area contributed by atoms with E-state index in [2.05, 4.69) is 33.4 Å². The molecular formula is C12H13N3O3. The smallest absolute Gasteiger partial charge is 0.414 e. The van der Waals surface area contributed by atoms with Crippen molar-refractivity contribution < 1.29 is 14.3 Å². The minimum absolute atomic E-state index is 0.126. The fourth-order valence-corrected chi connectivity index (χ4v) is 1.46. The maximum absolute atomic E-state index is 10.00. The standard InChI is InChI=1S/C9H10N2.C3H3NO3/c1-2-5-9(6-3-1)11-8-4-7-10-11;5-2-1-7-3(6)4-2/h1-7,10H,8H2;1H2,(H,4,5,6). The van der Waals surface area contributed by atoms with Crippen molar-refractivity contribution in [2.75, 3.05) is 18.2 Å². The van der Waals surface area contributed by atoms with Crippen molar-refractivity contribution in [1.29, 1.82) is 0 Å². The summed E-state index contributed by atoms with van der Waals surface area (Å²) in [7, 11) is 0. The van der Waals surface area contributed by atoms with Gasteiger partial charge in [-0.3, -0.25) is 15.1 Å². The van der Waals surface area contributed by atoms with E-state index in [0.29, 0.717) is 0 Å². The fourth-order valence-electron chi connectivity index (χ4n) is 1.46. The third kappa shape index (κ3) is 3.24. The lowest BCUT2D eigenvalue weighted by Gasteiger charge is -2.17. The number of carbonyl (C=O) groups excluding carboxylic acids is 2. The number of imide groups is 1. The van der Waals surface area contributed by atoms with E-state index in [0.717, 1.165) is 6.54 Å². The Morgan fingerprint density at radius 1 is 1.17 bits per heavy atom. The van der Waals surface area contributed by atoms with E-state index in [1.54, 1.807) is 0 Å². The lowest BCUT2D eigenvalue weighted by atomic mass is 10.3. The molecule has 18 heavy (non-hydrogen) atoms. The Kier molecular flexibility index (Phi) is 3.80. The lowest BCUT2D eigenvalue weighted by molar-refractivity contribution is -0.119. The molecule has 0 radical (unpaired) electrons. The summed E-state index contributed by atoms with van der Waals surface area (Å²) in [5.74, 6) is -0.370. The first-order valence-corrected chi connectivity index (χ1v) is 5.46. The largest absolute Gasteiger partial charge is 0.439 e. The summed E-state index contributed by atoms with van der Waals surface area (Å²) >= 11 is 0. The van der Waals surface area contributed by atoms with Gasteiger partial charge in [-0.2, -0.15) is 0 Å². The molecule has 0 saturated carbocycles. The first kappa shape index (κ1) is 12.0. The number of rotatable bonds is 1. The van der Waals surface area contributed by atoms with Crippen LogP contribution in [0.25, 0.3) is 0 Å². The van der Waals surface area contributed by atoms with E-state index in [-0.39, 0.29) is 12.5 Å². The number of benzene rings is 1. The molecule has 1 fully saturated rings. The number of hydrogen-bond acceptors (Lipinski definition) is 5. The molecule has 2 heterocycles. The Bertz CT molecular complexity index is 437. The topological polar surface area (TPSA) is 70.7 Å². The van der Waals surface area contributed by atoms with Crippen molar-refractivity contribution in [3.05, 3.63) is 42.6 Å². The number of hydrogen-bond donors (Lipinski definition) is 2. The van der Waals surface area contributed by atoms with E-state index in [1.165, 1.54) is 5.69 Å². The molecule has 3 rings (SSSR count). The van der Waals surface area contributed by atoms with E-state index < -0.39 is 6.09 Å². The number of anilines is 1. The normalized spacial score (nSPS) is 16.6. The van der Waals surface area contributed by atoms with Crippen LogP contribution in [0.1, 0.15) is 0 Å². The molecule has 2 N–H and O–H groups in total. The molecule has 0 spiro atoms. The summed E-state index contributed by atoms with van der Waals surface area (Å²) in [6.07, 6.45) is 3.39. The van der Waals surface area contributed by atoms with Crippen molar-refractivity contribution in [3.63, 3.8) is 0 Å². The molecular weight excluding hydrogens is 234 g/mol. The highest BCUT2D eigenvalue weighted by Crippen LogP contribution is 2.12. The van der Waals surface area contributed by atoms with Gasteiger partial charge in [-0.25, -0.2) is 4.79 Å². The second kappa shape index (κ2) is 5.72. The summed E-state index contributed by atoms with van der Waals surface area (Å²) in [6.45, 7) is 0.822. The number of cyclic esters (lactones) is 1. The third-order valence-corrected chi connectivity index (χ3v) is 2.28. The van der Waals surface area contributed by atoms with Crippen LogP contribution >= 0.6 is 0 Å². The molecule has 2 aliphatic heterocycles. The minimum Gasteiger partial charge on any atom is -0.439 e. The van der Waals surface area contributed by atoms with E-state index in [9.17, 15) is 9.59 Å². The van der Waals surface area contributed by atoms with E-state index >= 15 is 0 Å². The van der Waals surface area contributed by atoms with Crippen LogP contribution in [0.5, 0.6) is 0 Å². The maximum Gasteiger partial charge on any atom is 0.414 e. The Morgan fingerprint density at radius 3 is 2.39 bits per heavy atom. The summed E-state index contributed by atoms with van der Waals surface area (Å²) in [6, 6.07) is 10.3. The van der Waals surface area contributed by atoms with Gasteiger partial charge in [0.1, 0.15) is 0 Å². The first-order chi connectivity index (χ1) is 8.75. The van der Waals surface area contributed by atoms with Gasteiger partial charge < -0.3 is 10.2 Å². The van der Waals surface area contributed by atoms with Gasteiger partial charge in [-0.1, -0.05) is 18.2 Å². The molecule has 0 bridgehead atoms. The molecule has 1 saturated heterocycles. The van der Waals surface area contributed by atoms with E-state index in [4.69, 9.17) is 0 Å². The van der Waals surface area contributed by atoms with Gasteiger partial charge in [0.15, 0.2) is 6.61 Å². The zero-order valence-corrected chi connectivity index (χ0v) is 9.63. The molecule has 6 nitrogen and oxygen atoms in total.